The summed E-state index contributed by atoms with van der Waals surface area (Å²) >= 11 is 2.78. The van der Waals surface area contributed by atoms with Crippen LogP contribution in [0.25, 0.3) is 0 Å². The average Bonchev–Trinajstić information content (AvgIpc) is 3.26. The van der Waals surface area contributed by atoms with Crippen molar-refractivity contribution in [3.05, 3.63) is 48.3 Å². The molecule has 0 atom stereocenters. The number of ether oxygens (including phenoxy) is 1. The van der Waals surface area contributed by atoms with Gasteiger partial charge < -0.3 is 15.0 Å². The molecule has 0 bridgehead atoms. The third-order valence-corrected chi connectivity index (χ3v) is 5.03. The maximum absolute atomic E-state index is 12.0. The molecular weight excluding hydrogens is 344 g/mol. The van der Waals surface area contributed by atoms with Crippen molar-refractivity contribution in [1.82, 2.24) is 15.2 Å². The van der Waals surface area contributed by atoms with Gasteiger partial charge in [0.05, 0.1) is 23.7 Å². The van der Waals surface area contributed by atoms with Gasteiger partial charge in [0.15, 0.2) is 10.1 Å². The average molecular weight is 360 g/mol. The highest BCUT2D eigenvalue weighted by atomic mass is 32.2. The molecule has 0 amide bonds. The SMILES string of the molecule is CCOc1ccccc1Nc1nnc(SCC(=O)c2ccc[nH]2)s1. The maximum atomic E-state index is 12.0. The van der Waals surface area contributed by atoms with Crippen LogP contribution in [0.4, 0.5) is 10.8 Å². The van der Waals surface area contributed by atoms with Crippen LogP contribution in [0, 0.1) is 0 Å². The lowest BCUT2D eigenvalue weighted by Crippen LogP contribution is -2.02. The van der Waals surface area contributed by atoms with Crippen LogP contribution >= 0.6 is 23.1 Å². The number of benzene rings is 1. The Balaban J connectivity index is 1.61. The van der Waals surface area contributed by atoms with Gasteiger partial charge in [0.2, 0.25) is 5.13 Å². The second kappa shape index (κ2) is 7.98. The normalized spacial score (nSPS) is 10.5. The summed E-state index contributed by atoms with van der Waals surface area (Å²) in [5, 5.41) is 12.1. The second-order valence-electron chi connectivity index (χ2n) is 4.72. The molecule has 2 aromatic heterocycles. The third kappa shape index (κ3) is 4.15. The fourth-order valence-electron chi connectivity index (χ4n) is 1.99. The van der Waals surface area contributed by atoms with Crippen LogP contribution in [0.3, 0.4) is 0 Å². The topological polar surface area (TPSA) is 79.9 Å². The molecule has 0 aliphatic rings. The highest BCUT2D eigenvalue weighted by Gasteiger charge is 2.11. The van der Waals surface area contributed by atoms with E-state index >= 15 is 0 Å². The van der Waals surface area contributed by atoms with Gasteiger partial charge in [-0.1, -0.05) is 35.2 Å². The summed E-state index contributed by atoms with van der Waals surface area (Å²) in [6, 6.07) is 11.2. The summed E-state index contributed by atoms with van der Waals surface area (Å²) in [5.41, 5.74) is 1.45. The molecule has 124 valence electrons. The highest BCUT2D eigenvalue weighted by molar-refractivity contribution is 8.01. The Kier molecular flexibility index (Phi) is 5.50. The van der Waals surface area contributed by atoms with E-state index in [9.17, 15) is 4.79 Å². The lowest BCUT2D eigenvalue weighted by atomic mass is 10.3. The molecule has 2 N–H and O–H groups in total. The summed E-state index contributed by atoms with van der Waals surface area (Å²) in [6.07, 6.45) is 1.74. The van der Waals surface area contributed by atoms with Crippen molar-refractivity contribution in [1.29, 1.82) is 0 Å². The minimum Gasteiger partial charge on any atom is -0.492 e. The zero-order chi connectivity index (χ0) is 16.8. The molecule has 0 fully saturated rings. The van der Waals surface area contributed by atoms with Crippen LogP contribution < -0.4 is 10.1 Å². The van der Waals surface area contributed by atoms with Gasteiger partial charge in [-0.3, -0.25) is 4.79 Å². The molecule has 6 nitrogen and oxygen atoms in total. The number of nitrogens with one attached hydrogen (secondary N) is 2. The number of thioether (sulfide) groups is 1. The molecule has 0 aliphatic heterocycles. The van der Waals surface area contributed by atoms with Crippen molar-refractivity contribution in [2.45, 2.75) is 11.3 Å². The first-order chi connectivity index (χ1) is 11.8. The molecule has 0 unspecified atom stereocenters. The summed E-state index contributed by atoms with van der Waals surface area (Å²) in [6.45, 7) is 2.54. The number of nitrogens with zero attached hydrogens (tertiary/aromatic N) is 2. The molecule has 3 rings (SSSR count). The summed E-state index contributed by atoms with van der Waals surface area (Å²) in [5.74, 6) is 1.13. The number of Topliss-reactive ketones (excluding diaryl/α,β-unsaturated/α-hetero) is 1. The van der Waals surface area contributed by atoms with Crippen molar-refractivity contribution < 1.29 is 9.53 Å². The number of para-hydroxylation sites is 2. The Morgan fingerprint density at radius 3 is 2.96 bits per heavy atom. The first-order valence-electron chi connectivity index (χ1n) is 7.38. The van der Waals surface area contributed by atoms with Gasteiger partial charge in [0, 0.05) is 6.20 Å². The van der Waals surface area contributed by atoms with Crippen LogP contribution in [0.15, 0.2) is 46.9 Å². The number of aromatic nitrogens is 3. The number of hydrogen-bond donors (Lipinski definition) is 2. The zero-order valence-corrected chi connectivity index (χ0v) is 14.6. The molecule has 24 heavy (non-hydrogen) atoms. The standard InChI is InChI=1S/C16H16N4O2S2/c1-2-22-14-8-4-3-6-12(14)18-15-19-20-16(24-15)23-10-13(21)11-7-5-9-17-11/h3-9,17H,2,10H2,1H3,(H,18,19). The van der Waals surface area contributed by atoms with Crippen LogP contribution in [-0.4, -0.2) is 33.3 Å². The van der Waals surface area contributed by atoms with Gasteiger partial charge in [-0.15, -0.1) is 10.2 Å². The molecule has 0 saturated heterocycles. The first kappa shape index (κ1) is 16.5. The number of aromatic amines is 1. The Morgan fingerprint density at radius 1 is 1.29 bits per heavy atom. The maximum Gasteiger partial charge on any atom is 0.210 e. The Hall–Kier alpha value is -2.32. The minimum absolute atomic E-state index is 0.0383. The molecule has 0 aliphatic carbocycles. The second-order valence-corrected chi connectivity index (χ2v) is 6.92. The van der Waals surface area contributed by atoms with E-state index in [2.05, 4.69) is 20.5 Å². The molecule has 0 saturated carbocycles. The molecule has 2 heterocycles. The molecule has 3 aromatic rings. The van der Waals surface area contributed by atoms with Gasteiger partial charge in [-0.05, 0) is 31.2 Å². The molecule has 8 heteroatoms. The van der Waals surface area contributed by atoms with E-state index in [1.165, 1.54) is 23.1 Å². The van der Waals surface area contributed by atoms with Gasteiger partial charge in [0.25, 0.3) is 0 Å². The van der Waals surface area contributed by atoms with Crippen molar-refractivity contribution in [2.24, 2.45) is 0 Å². The number of H-pyrrole nitrogens is 1. The van der Waals surface area contributed by atoms with Crippen LogP contribution in [0.2, 0.25) is 0 Å². The Morgan fingerprint density at radius 2 is 2.17 bits per heavy atom. The van der Waals surface area contributed by atoms with E-state index in [4.69, 9.17) is 4.74 Å². The quantitative estimate of drug-likeness (QED) is 0.467. The molecular formula is C16H16N4O2S2. The Labute approximate surface area is 147 Å². The summed E-state index contributed by atoms with van der Waals surface area (Å²) < 4.78 is 6.32. The van der Waals surface area contributed by atoms with E-state index < -0.39 is 0 Å². The number of carbonyl (C=O) groups is 1. The summed E-state index contributed by atoms with van der Waals surface area (Å²) in [7, 11) is 0. The zero-order valence-electron chi connectivity index (χ0n) is 13.0. The van der Waals surface area contributed by atoms with E-state index in [1.54, 1.807) is 18.3 Å². The lowest BCUT2D eigenvalue weighted by molar-refractivity contribution is 0.101. The van der Waals surface area contributed by atoms with Crippen molar-refractivity contribution in [3.8, 4) is 5.75 Å². The largest absolute Gasteiger partial charge is 0.492 e. The van der Waals surface area contributed by atoms with Crippen LogP contribution in [0.5, 0.6) is 5.75 Å². The molecule has 0 spiro atoms. The van der Waals surface area contributed by atoms with E-state index in [1.807, 2.05) is 31.2 Å². The fraction of sp³-hybridized carbons (Fsp3) is 0.188. The lowest BCUT2D eigenvalue weighted by Gasteiger charge is -2.09. The monoisotopic (exact) mass is 360 g/mol. The molecule has 1 aromatic carbocycles. The van der Waals surface area contributed by atoms with Crippen LogP contribution in [-0.2, 0) is 0 Å². The predicted octanol–water partition coefficient (Wildman–Crippen LogP) is 3.98. The van der Waals surface area contributed by atoms with Gasteiger partial charge >= 0.3 is 0 Å². The fourth-order valence-corrected chi connectivity index (χ4v) is 3.64. The number of carbonyl (C=O) groups excluding carboxylic acids is 1. The number of ketones is 1. The van der Waals surface area contributed by atoms with Gasteiger partial charge in [-0.25, -0.2) is 0 Å². The van der Waals surface area contributed by atoms with Crippen molar-refractivity contribution in [2.75, 3.05) is 17.7 Å². The smallest absolute Gasteiger partial charge is 0.210 e. The minimum atomic E-state index is 0.0383. The van der Waals surface area contributed by atoms with Gasteiger partial charge in [-0.2, -0.15) is 0 Å². The highest BCUT2D eigenvalue weighted by Crippen LogP contribution is 2.31. The molecule has 0 radical (unpaired) electrons. The number of anilines is 2. The summed E-state index contributed by atoms with van der Waals surface area (Å²) in [4.78, 5) is 14.9. The number of rotatable bonds is 8. The van der Waals surface area contributed by atoms with E-state index in [-0.39, 0.29) is 5.78 Å². The first-order valence-corrected chi connectivity index (χ1v) is 9.18. The van der Waals surface area contributed by atoms with E-state index in [0.717, 1.165) is 15.8 Å². The number of hydrogen-bond acceptors (Lipinski definition) is 7. The van der Waals surface area contributed by atoms with E-state index in [0.29, 0.717) is 23.2 Å². The van der Waals surface area contributed by atoms with Crippen LogP contribution in [0.1, 0.15) is 17.4 Å². The van der Waals surface area contributed by atoms with Crippen molar-refractivity contribution >= 4 is 39.7 Å². The van der Waals surface area contributed by atoms with Crippen molar-refractivity contribution in [3.63, 3.8) is 0 Å². The third-order valence-electron chi connectivity index (χ3n) is 3.06. The Bertz CT molecular complexity index is 802. The predicted molar refractivity (Wildman–Crippen MR) is 96.6 cm³/mol. The van der Waals surface area contributed by atoms with Gasteiger partial charge in [0.1, 0.15) is 5.75 Å².